The molecule has 11 heteroatoms. The molecule has 10 rings (SSSR count). The summed E-state index contributed by atoms with van der Waals surface area (Å²) in [7, 11) is 0. The molecule has 2 aromatic heterocycles. The average Bonchev–Trinajstić information content (AvgIpc) is 3.86. The Bertz CT molecular complexity index is 3800. The smallest absolute Gasteiger partial charge is 0.308 e. The quantitative estimate of drug-likeness (QED) is 0.161. The number of alkyl halides is 3. The van der Waals surface area contributed by atoms with Crippen LogP contribution in [0.4, 0.5) is 30.2 Å². The van der Waals surface area contributed by atoms with Gasteiger partial charge < -0.3 is 9.13 Å². The highest BCUT2D eigenvalue weighted by molar-refractivity contribution is 6.13. The first kappa shape index (κ1) is 40.2. The minimum atomic E-state index is -4.69. The summed E-state index contributed by atoms with van der Waals surface area (Å²) in [4.78, 5) is 10.8. The molecule has 0 aliphatic carbocycles. The zero-order chi connectivity index (χ0) is 45.9. The minimum absolute atomic E-state index is 0.222. The number of nitriles is 3. The first-order valence-electron chi connectivity index (χ1n) is 20.2. The topological polar surface area (TPSA) is 94.3 Å². The molecule has 0 aliphatic heterocycles. The summed E-state index contributed by atoms with van der Waals surface area (Å²) in [5.41, 5.74) is 7.39. The van der Waals surface area contributed by atoms with Gasteiger partial charge in [0.05, 0.1) is 65.3 Å². The third-order valence-electron chi connectivity index (χ3n) is 11.9. The van der Waals surface area contributed by atoms with E-state index in [1.807, 2.05) is 94.1 Å². The fourth-order valence-corrected chi connectivity index (χ4v) is 8.96. The van der Waals surface area contributed by atoms with Gasteiger partial charge in [0.15, 0.2) is 17.1 Å². The van der Waals surface area contributed by atoms with Gasteiger partial charge in [0, 0.05) is 38.2 Å². The van der Waals surface area contributed by atoms with Crippen molar-refractivity contribution in [3.8, 4) is 63.0 Å². The molecule has 8 nitrogen and oxygen atoms in total. The van der Waals surface area contributed by atoms with E-state index in [0.29, 0.717) is 61.6 Å². The van der Waals surface area contributed by atoms with Gasteiger partial charge in [-0.3, -0.25) is 0 Å². The van der Waals surface area contributed by atoms with Crippen molar-refractivity contribution in [2.45, 2.75) is 6.18 Å². The molecule has 0 saturated carbocycles. The predicted molar refractivity (Wildman–Crippen MR) is 249 cm³/mol. The lowest BCUT2D eigenvalue weighted by Gasteiger charge is -2.19. The lowest BCUT2D eigenvalue weighted by atomic mass is 9.97. The molecule has 0 radical (unpaired) electrons. The number of fused-ring (bicyclic) bond motifs is 6. The van der Waals surface area contributed by atoms with Crippen molar-refractivity contribution >= 4 is 60.7 Å². The van der Waals surface area contributed by atoms with Gasteiger partial charge in [-0.1, -0.05) is 78.9 Å². The Morgan fingerprint density at radius 2 is 0.985 bits per heavy atom. The van der Waals surface area contributed by atoms with Crippen molar-refractivity contribution in [3.05, 3.63) is 208 Å². The van der Waals surface area contributed by atoms with Crippen LogP contribution in [0, 0.1) is 53.7 Å². The van der Waals surface area contributed by atoms with E-state index in [0.717, 1.165) is 55.8 Å². The number of rotatable bonds is 5. The number of hydrogen-bond donors (Lipinski definition) is 0. The van der Waals surface area contributed by atoms with E-state index < -0.39 is 11.7 Å². The standard InChI is InChI=1S/C55H25F3N8/c1-62-38-16-19-39(36(23-38)30-60)33-13-20-51-44(24-33)42-8-4-6-10-49(42)65(51)53-26-35(41-18-15-37(55(56,57)58)28-48(41)64-3)27-54(46(53)31-61)66-50-11-7-5-9-43(50)45-25-34(14-21-52(45)66)40-17-12-32(29-59)22-47(40)63-2/h4-28H. The first-order chi connectivity index (χ1) is 32.1. The van der Waals surface area contributed by atoms with Crippen LogP contribution in [0.25, 0.3) is 103 Å². The van der Waals surface area contributed by atoms with E-state index in [4.69, 9.17) is 19.7 Å². The zero-order valence-electron chi connectivity index (χ0n) is 34.1. The van der Waals surface area contributed by atoms with Gasteiger partial charge in [-0.15, -0.1) is 0 Å². The molecule has 0 bridgehead atoms. The molecule has 2 heterocycles. The summed E-state index contributed by atoms with van der Waals surface area (Å²) in [5, 5.41) is 34.2. The molecule has 0 atom stereocenters. The van der Waals surface area contributed by atoms with Gasteiger partial charge in [-0.25, -0.2) is 14.5 Å². The van der Waals surface area contributed by atoms with Crippen LogP contribution in [0.3, 0.4) is 0 Å². The molecule has 0 aliphatic rings. The van der Waals surface area contributed by atoms with Gasteiger partial charge in [-0.2, -0.15) is 29.0 Å². The van der Waals surface area contributed by atoms with Gasteiger partial charge in [0.25, 0.3) is 0 Å². The lowest BCUT2D eigenvalue weighted by Crippen LogP contribution is -2.06. The minimum Gasteiger partial charge on any atom is -0.308 e. The fraction of sp³-hybridized carbons (Fsp3) is 0.0182. The van der Waals surface area contributed by atoms with E-state index in [-0.39, 0.29) is 16.8 Å². The second-order valence-electron chi connectivity index (χ2n) is 15.4. The maximum Gasteiger partial charge on any atom is 0.415 e. The summed E-state index contributed by atoms with van der Waals surface area (Å²) in [6.45, 7) is 23.4. The largest absolute Gasteiger partial charge is 0.415 e. The molecule has 8 aromatic carbocycles. The third kappa shape index (κ3) is 6.34. The Morgan fingerprint density at radius 1 is 0.455 bits per heavy atom. The second-order valence-corrected chi connectivity index (χ2v) is 15.4. The van der Waals surface area contributed by atoms with Crippen LogP contribution < -0.4 is 0 Å². The summed E-state index contributed by atoms with van der Waals surface area (Å²) in [6.07, 6.45) is -4.69. The average molecular weight is 855 g/mol. The molecule has 0 unspecified atom stereocenters. The number of para-hydroxylation sites is 2. The number of halogens is 3. The second kappa shape index (κ2) is 15.5. The third-order valence-corrected chi connectivity index (χ3v) is 11.9. The molecule has 10 aromatic rings. The molecule has 0 N–H and O–H groups in total. The van der Waals surface area contributed by atoms with Crippen molar-refractivity contribution in [3.63, 3.8) is 0 Å². The number of aromatic nitrogens is 2. The maximum absolute atomic E-state index is 14.1. The Hall–Kier alpha value is -9.91. The van der Waals surface area contributed by atoms with Gasteiger partial charge in [0.2, 0.25) is 0 Å². The molecule has 306 valence electrons. The Balaban J connectivity index is 1.30. The van der Waals surface area contributed by atoms with Crippen molar-refractivity contribution in [2.24, 2.45) is 0 Å². The van der Waals surface area contributed by atoms with Crippen LogP contribution in [-0.2, 0) is 6.18 Å². The van der Waals surface area contributed by atoms with Crippen molar-refractivity contribution in [2.75, 3.05) is 0 Å². The van der Waals surface area contributed by atoms with E-state index in [2.05, 4.69) is 32.7 Å². The predicted octanol–water partition coefficient (Wildman–Crippen LogP) is 15.2. The summed E-state index contributed by atoms with van der Waals surface area (Å²) < 4.78 is 46.1. The molecule has 0 fully saturated rings. The van der Waals surface area contributed by atoms with Crippen molar-refractivity contribution in [1.82, 2.24) is 9.13 Å². The van der Waals surface area contributed by atoms with Gasteiger partial charge in [0.1, 0.15) is 11.6 Å². The normalized spacial score (nSPS) is 11.2. The summed E-state index contributed by atoms with van der Waals surface area (Å²) in [6, 6.07) is 50.0. The van der Waals surface area contributed by atoms with E-state index in [1.165, 1.54) is 6.07 Å². The van der Waals surface area contributed by atoms with E-state index in [1.54, 1.807) is 48.5 Å². The van der Waals surface area contributed by atoms with Gasteiger partial charge in [-0.05, 0) is 106 Å². The van der Waals surface area contributed by atoms with Crippen LogP contribution in [-0.4, -0.2) is 9.13 Å². The Labute approximate surface area is 374 Å². The fourth-order valence-electron chi connectivity index (χ4n) is 8.96. The van der Waals surface area contributed by atoms with Crippen LogP contribution in [0.2, 0.25) is 0 Å². The van der Waals surface area contributed by atoms with Gasteiger partial charge >= 0.3 is 6.18 Å². The summed E-state index contributed by atoms with van der Waals surface area (Å²) >= 11 is 0. The molecule has 66 heavy (non-hydrogen) atoms. The molecule has 0 saturated heterocycles. The van der Waals surface area contributed by atoms with E-state index >= 15 is 0 Å². The molecule has 0 spiro atoms. The highest BCUT2D eigenvalue weighted by atomic mass is 19.4. The Morgan fingerprint density at radius 3 is 1.53 bits per heavy atom. The maximum atomic E-state index is 14.1. The van der Waals surface area contributed by atoms with Crippen molar-refractivity contribution in [1.29, 1.82) is 15.8 Å². The van der Waals surface area contributed by atoms with Crippen LogP contribution in [0.15, 0.2) is 152 Å². The SMILES string of the molecule is [C-]#[N+]c1ccc(-c2ccc3c(c2)c2ccccc2n3-c2cc(-c3ccc(C(F)(F)F)cc3[N+]#[C-])cc(-n3c4ccccc4c4cc(-c5ccc(C#N)cc5[N+]#[C-])ccc43)c2C#N)c(C#N)c1. The monoisotopic (exact) mass is 854 g/mol. The lowest BCUT2D eigenvalue weighted by molar-refractivity contribution is -0.137. The Kier molecular flexibility index (Phi) is 9.41. The van der Waals surface area contributed by atoms with Crippen LogP contribution in [0.5, 0.6) is 0 Å². The highest BCUT2D eigenvalue weighted by Gasteiger charge is 2.31. The molecular formula is C55H25F3N8. The van der Waals surface area contributed by atoms with E-state index in [9.17, 15) is 29.0 Å². The zero-order valence-corrected chi connectivity index (χ0v) is 34.1. The summed E-state index contributed by atoms with van der Waals surface area (Å²) in [5.74, 6) is 0. The number of hydrogen-bond acceptors (Lipinski definition) is 3. The highest BCUT2D eigenvalue weighted by Crippen LogP contribution is 2.45. The van der Waals surface area contributed by atoms with Crippen LogP contribution >= 0.6 is 0 Å². The molecule has 0 amide bonds. The van der Waals surface area contributed by atoms with Crippen LogP contribution in [0.1, 0.15) is 22.3 Å². The van der Waals surface area contributed by atoms with Crippen molar-refractivity contribution < 1.29 is 13.2 Å². The number of nitrogens with zero attached hydrogens (tertiary/aromatic N) is 8. The molecular weight excluding hydrogens is 830 g/mol. The first-order valence-corrected chi connectivity index (χ1v) is 20.2. The number of benzene rings is 8.